The summed E-state index contributed by atoms with van der Waals surface area (Å²) in [6.07, 6.45) is -0.336. The predicted octanol–water partition coefficient (Wildman–Crippen LogP) is 2.03. The Morgan fingerprint density at radius 1 is 1.24 bits per heavy atom. The molecular weight excluding hydrogens is 439 g/mol. The minimum Gasteiger partial charge on any atom is -0.381 e. The van der Waals surface area contributed by atoms with Gasteiger partial charge < -0.3 is 15.0 Å². The summed E-state index contributed by atoms with van der Waals surface area (Å²) in [5.74, 6) is -2.72. The Morgan fingerprint density at radius 3 is 2.85 bits per heavy atom. The molecule has 2 aromatic rings. The van der Waals surface area contributed by atoms with E-state index >= 15 is 0 Å². The number of halogens is 1. The molecule has 2 fully saturated rings. The van der Waals surface area contributed by atoms with Gasteiger partial charge in [-0.2, -0.15) is 0 Å². The van der Waals surface area contributed by atoms with Crippen LogP contribution in [-0.4, -0.2) is 59.8 Å². The first-order chi connectivity index (χ1) is 18.1. The number of imide groups is 1. The van der Waals surface area contributed by atoms with E-state index in [-0.39, 0.29) is 48.8 Å². The lowest BCUT2D eigenvalue weighted by Crippen LogP contribution is -2.52. The number of anilines is 1. The van der Waals surface area contributed by atoms with Gasteiger partial charge in [0.2, 0.25) is 11.8 Å². The summed E-state index contributed by atoms with van der Waals surface area (Å²) in [6.45, 7) is 3.15. The molecule has 34 heavy (non-hydrogen) atoms. The van der Waals surface area contributed by atoms with E-state index in [2.05, 4.69) is 15.5 Å². The van der Waals surface area contributed by atoms with Crippen molar-refractivity contribution < 1.29 is 29.0 Å². The summed E-state index contributed by atoms with van der Waals surface area (Å²) in [7, 11) is 0. The van der Waals surface area contributed by atoms with Crippen LogP contribution in [0.3, 0.4) is 0 Å². The van der Waals surface area contributed by atoms with Crippen LogP contribution in [0.4, 0.5) is 10.1 Å². The number of rotatable bonds is 6. The summed E-state index contributed by atoms with van der Waals surface area (Å²) >= 11 is 0. The average Bonchev–Trinajstić information content (AvgIpc) is 3.25. The van der Waals surface area contributed by atoms with E-state index in [1.54, 1.807) is 12.1 Å². The molecule has 0 radical (unpaired) electrons. The lowest BCUT2D eigenvalue weighted by atomic mass is 10.0. The number of hydrogen-bond donors (Lipinski definition) is 2. The van der Waals surface area contributed by atoms with Crippen molar-refractivity contribution in [1.82, 2.24) is 15.1 Å². The van der Waals surface area contributed by atoms with Gasteiger partial charge in [-0.1, -0.05) is 12.1 Å². The first-order valence-electron chi connectivity index (χ1n) is 13.2. The third-order valence-corrected chi connectivity index (χ3v) is 6.26. The maximum Gasteiger partial charge on any atom is 0.255 e. The third kappa shape index (κ3) is 4.53. The smallest absolute Gasteiger partial charge is 0.255 e. The Hall–Kier alpha value is -3.30. The van der Waals surface area contributed by atoms with Crippen LogP contribution in [0.5, 0.6) is 0 Å². The highest BCUT2D eigenvalue weighted by atomic mass is 19.1. The summed E-state index contributed by atoms with van der Waals surface area (Å²) in [5, 5.41) is 5.07. The maximum absolute atomic E-state index is 14.7. The molecule has 5 rings (SSSR count). The first-order valence-corrected chi connectivity index (χ1v) is 11.2. The minimum atomic E-state index is -2.07. The highest BCUT2D eigenvalue weighted by Gasteiger charge is 2.39. The van der Waals surface area contributed by atoms with Crippen molar-refractivity contribution in [3.05, 3.63) is 64.4 Å². The zero-order chi connectivity index (χ0) is 27.2. The molecule has 3 amide bonds. The highest BCUT2D eigenvalue weighted by molar-refractivity contribution is 6.06. The maximum atomic E-state index is 14.7. The van der Waals surface area contributed by atoms with E-state index in [4.69, 9.17) is 10.2 Å². The van der Waals surface area contributed by atoms with Crippen LogP contribution in [-0.2, 0) is 34.0 Å². The number of ether oxygens (including phenoxy) is 1. The number of hydrogen-bond acceptors (Lipinski definition) is 6. The van der Waals surface area contributed by atoms with E-state index < -0.39 is 41.6 Å². The lowest BCUT2D eigenvalue weighted by molar-refractivity contribution is -0.136. The van der Waals surface area contributed by atoms with Gasteiger partial charge in [0, 0.05) is 61.5 Å². The number of piperidine rings is 1. The molecule has 2 saturated heterocycles. The quantitative estimate of drug-likeness (QED) is 0.628. The Kier molecular flexibility index (Phi) is 5.06. The van der Waals surface area contributed by atoms with Crippen molar-refractivity contribution in [1.29, 1.82) is 0 Å². The van der Waals surface area contributed by atoms with Gasteiger partial charge in [-0.25, -0.2) is 4.39 Å². The number of carbonyl (C=O) groups is 3. The normalized spacial score (nSPS) is 24.7. The Morgan fingerprint density at radius 2 is 2.06 bits per heavy atom. The molecule has 8 nitrogen and oxygen atoms in total. The van der Waals surface area contributed by atoms with Crippen molar-refractivity contribution >= 4 is 23.4 Å². The zero-order valence-electron chi connectivity index (χ0n) is 22.5. The predicted molar refractivity (Wildman–Crippen MR) is 122 cm³/mol. The summed E-state index contributed by atoms with van der Waals surface area (Å²) < 4.78 is 53.7. The number of benzene rings is 2. The van der Waals surface area contributed by atoms with Crippen molar-refractivity contribution in [3.63, 3.8) is 0 Å². The summed E-state index contributed by atoms with van der Waals surface area (Å²) in [5.41, 5.74) is 1.33. The van der Waals surface area contributed by atoms with Crippen LogP contribution in [0.15, 0.2) is 36.3 Å². The largest absolute Gasteiger partial charge is 0.381 e. The van der Waals surface area contributed by atoms with Gasteiger partial charge in [0.05, 0.1) is 18.7 Å². The second-order valence-electron chi connectivity index (χ2n) is 8.49. The minimum absolute atomic E-state index is 0.0485. The molecule has 2 N–H and O–H groups in total. The molecule has 0 aromatic heterocycles. The molecule has 1 unspecified atom stereocenters. The van der Waals surface area contributed by atoms with Gasteiger partial charge in [-0.3, -0.25) is 24.6 Å². The Labute approximate surface area is 202 Å². The molecular formula is C25H27FN4O4. The lowest BCUT2D eigenvalue weighted by Gasteiger charge is -2.29. The van der Waals surface area contributed by atoms with Crippen LogP contribution < -0.4 is 10.6 Å². The van der Waals surface area contributed by atoms with Crippen LogP contribution in [0.1, 0.15) is 45.4 Å². The van der Waals surface area contributed by atoms with Gasteiger partial charge in [-0.15, -0.1) is 0 Å². The van der Waals surface area contributed by atoms with E-state index in [0.717, 1.165) is 23.6 Å². The fourth-order valence-corrected chi connectivity index (χ4v) is 4.43. The van der Waals surface area contributed by atoms with Gasteiger partial charge in [0.1, 0.15) is 11.8 Å². The summed E-state index contributed by atoms with van der Waals surface area (Å²) in [6, 6.07) is 1.43. The fourth-order valence-electron chi connectivity index (χ4n) is 4.43. The number of carbonyl (C=O) groups excluding carboxylic acids is 3. The molecule has 2 aromatic carbocycles. The van der Waals surface area contributed by atoms with E-state index in [1.165, 1.54) is 6.07 Å². The standard InChI is InChI=1S/C25H27FN4O4/c26-20-5-4-16(14-29-8-10-34-11-9-29)12-17(20)13-27-21-3-1-2-18-19(21)15-30(25(18)33)22-6-7-23(31)28-24(22)32/h1-5,12,22,27H,6-11,13-15H2,(H,28,31,32)/i1D,2D,3D,22D. The van der Waals surface area contributed by atoms with Crippen molar-refractivity contribution in [2.75, 3.05) is 31.6 Å². The molecule has 0 aliphatic carbocycles. The van der Waals surface area contributed by atoms with Crippen LogP contribution in [0.2, 0.25) is 0 Å². The SMILES string of the molecule is [2H]c1c([2H])c(NCc2cc(CN3CCOCC3)ccc2F)c2c(c1[2H])C(=O)N(C1([2H])CCC(=O)NC1=O)C2. The second kappa shape index (κ2) is 9.52. The molecule has 0 bridgehead atoms. The van der Waals surface area contributed by atoms with Gasteiger partial charge in [0.25, 0.3) is 5.91 Å². The second-order valence-corrected chi connectivity index (χ2v) is 8.49. The van der Waals surface area contributed by atoms with Crippen LogP contribution >= 0.6 is 0 Å². The summed E-state index contributed by atoms with van der Waals surface area (Å²) in [4.78, 5) is 40.6. The van der Waals surface area contributed by atoms with E-state index in [0.29, 0.717) is 25.3 Å². The van der Waals surface area contributed by atoms with Crippen LogP contribution in [0, 0.1) is 5.82 Å². The van der Waals surface area contributed by atoms with Gasteiger partial charge in [0.15, 0.2) is 0 Å². The Balaban J connectivity index is 1.42. The molecule has 3 aliphatic heterocycles. The zero-order valence-corrected chi connectivity index (χ0v) is 18.5. The third-order valence-electron chi connectivity index (χ3n) is 6.26. The molecule has 3 aliphatic rings. The van der Waals surface area contributed by atoms with Crippen molar-refractivity contribution in [2.45, 2.75) is 38.5 Å². The van der Waals surface area contributed by atoms with Crippen molar-refractivity contribution in [3.8, 4) is 0 Å². The number of nitrogens with one attached hydrogen (secondary N) is 2. The monoisotopic (exact) mass is 470 g/mol. The molecule has 1 atom stereocenters. The van der Waals surface area contributed by atoms with E-state index in [1.807, 2.05) is 0 Å². The number of amides is 3. The first kappa shape index (κ1) is 18.1. The topological polar surface area (TPSA) is 91.0 Å². The molecule has 0 saturated carbocycles. The molecule has 9 heteroatoms. The molecule has 0 spiro atoms. The fraction of sp³-hybridized carbons (Fsp3) is 0.400. The van der Waals surface area contributed by atoms with Crippen LogP contribution in [0.25, 0.3) is 0 Å². The molecule has 178 valence electrons. The Bertz CT molecular complexity index is 1340. The van der Waals surface area contributed by atoms with Gasteiger partial charge >= 0.3 is 0 Å². The number of morpholine rings is 1. The van der Waals surface area contributed by atoms with Gasteiger partial charge in [-0.05, 0) is 36.2 Å². The number of fused-ring (bicyclic) bond motifs is 1. The average molecular weight is 471 g/mol. The number of nitrogens with zero attached hydrogens (tertiary/aromatic N) is 2. The highest BCUT2D eigenvalue weighted by Crippen LogP contribution is 2.32. The van der Waals surface area contributed by atoms with Crippen molar-refractivity contribution in [2.24, 2.45) is 0 Å². The van der Waals surface area contributed by atoms with E-state index in [9.17, 15) is 18.8 Å². The molecule has 3 heterocycles.